The van der Waals surface area contributed by atoms with Gasteiger partial charge in [-0.15, -0.1) is 0 Å². The normalized spacial score (nSPS) is 10.6. The molecule has 2 rings (SSSR count). The Balaban J connectivity index is 2.23. The molecular weight excluding hydrogens is 247 g/mol. The average molecular weight is 262 g/mol. The lowest BCUT2D eigenvalue weighted by atomic mass is 10.1. The fourth-order valence-corrected chi connectivity index (χ4v) is 1.93. The summed E-state index contributed by atoms with van der Waals surface area (Å²) in [6.45, 7) is 2.42. The number of hydrogen-bond acceptors (Lipinski definition) is 2. The molecule has 1 aromatic carbocycles. The SMILES string of the molecule is CCCc1nccn1Cc1ccc(C(=O)O)cc1F. The Kier molecular flexibility index (Phi) is 3.94. The first-order valence-electron chi connectivity index (χ1n) is 6.13. The Morgan fingerprint density at radius 2 is 2.26 bits per heavy atom. The third kappa shape index (κ3) is 2.99. The summed E-state index contributed by atoms with van der Waals surface area (Å²) in [4.78, 5) is 15.0. The third-order valence-electron chi connectivity index (χ3n) is 2.92. The minimum Gasteiger partial charge on any atom is -0.478 e. The molecule has 4 nitrogen and oxygen atoms in total. The van der Waals surface area contributed by atoms with Crippen LogP contribution in [0, 0.1) is 5.82 Å². The second-order valence-corrected chi connectivity index (χ2v) is 4.33. The first kappa shape index (κ1) is 13.3. The Morgan fingerprint density at radius 1 is 1.47 bits per heavy atom. The van der Waals surface area contributed by atoms with E-state index in [1.54, 1.807) is 12.4 Å². The van der Waals surface area contributed by atoms with Crippen LogP contribution in [0.2, 0.25) is 0 Å². The van der Waals surface area contributed by atoms with Crippen molar-refractivity contribution in [2.45, 2.75) is 26.3 Å². The van der Waals surface area contributed by atoms with Crippen LogP contribution in [0.25, 0.3) is 0 Å². The molecule has 0 unspecified atom stereocenters. The molecule has 0 amide bonds. The highest BCUT2D eigenvalue weighted by atomic mass is 19.1. The van der Waals surface area contributed by atoms with E-state index in [2.05, 4.69) is 11.9 Å². The second-order valence-electron chi connectivity index (χ2n) is 4.33. The zero-order chi connectivity index (χ0) is 13.8. The van der Waals surface area contributed by atoms with Gasteiger partial charge in [-0.2, -0.15) is 0 Å². The van der Waals surface area contributed by atoms with Crippen molar-refractivity contribution in [1.82, 2.24) is 9.55 Å². The van der Waals surface area contributed by atoms with Crippen LogP contribution in [-0.2, 0) is 13.0 Å². The number of hydrogen-bond donors (Lipinski definition) is 1. The van der Waals surface area contributed by atoms with Crippen LogP contribution in [0.15, 0.2) is 30.6 Å². The van der Waals surface area contributed by atoms with E-state index in [1.165, 1.54) is 12.1 Å². The summed E-state index contributed by atoms with van der Waals surface area (Å²) in [6, 6.07) is 3.97. The van der Waals surface area contributed by atoms with E-state index < -0.39 is 11.8 Å². The van der Waals surface area contributed by atoms with Crippen molar-refractivity contribution in [2.75, 3.05) is 0 Å². The third-order valence-corrected chi connectivity index (χ3v) is 2.92. The van der Waals surface area contributed by atoms with Gasteiger partial charge in [-0.1, -0.05) is 13.0 Å². The van der Waals surface area contributed by atoms with E-state index in [0.29, 0.717) is 12.1 Å². The molecule has 0 spiro atoms. The van der Waals surface area contributed by atoms with Crippen molar-refractivity contribution in [2.24, 2.45) is 0 Å². The molecule has 0 aliphatic rings. The number of rotatable bonds is 5. The molecule has 0 atom stereocenters. The van der Waals surface area contributed by atoms with Gasteiger partial charge in [0.15, 0.2) is 0 Å². The summed E-state index contributed by atoms with van der Waals surface area (Å²) < 4.78 is 15.7. The largest absolute Gasteiger partial charge is 0.478 e. The number of carboxylic acid groups (broad SMARTS) is 1. The number of benzene rings is 1. The monoisotopic (exact) mass is 262 g/mol. The molecular formula is C14H15FN2O2. The van der Waals surface area contributed by atoms with Crippen molar-refractivity contribution in [3.05, 3.63) is 53.4 Å². The molecule has 100 valence electrons. The molecule has 5 heteroatoms. The first-order valence-corrected chi connectivity index (χ1v) is 6.13. The van der Waals surface area contributed by atoms with Crippen LogP contribution in [-0.4, -0.2) is 20.6 Å². The van der Waals surface area contributed by atoms with E-state index in [4.69, 9.17) is 5.11 Å². The van der Waals surface area contributed by atoms with Crippen LogP contribution in [0.4, 0.5) is 4.39 Å². The fourth-order valence-electron chi connectivity index (χ4n) is 1.93. The first-order chi connectivity index (χ1) is 9.11. The van der Waals surface area contributed by atoms with Gasteiger partial charge in [-0.25, -0.2) is 14.2 Å². The molecule has 0 saturated heterocycles. The molecule has 0 aliphatic carbocycles. The lowest BCUT2D eigenvalue weighted by molar-refractivity contribution is 0.0696. The van der Waals surface area contributed by atoms with E-state index in [9.17, 15) is 9.18 Å². The van der Waals surface area contributed by atoms with Crippen molar-refractivity contribution in [3.8, 4) is 0 Å². The zero-order valence-corrected chi connectivity index (χ0v) is 10.6. The van der Waals surface area contributed by atoms with Gasteiger partial charge in [0, 0.05) is 24.4 Å². The maximum absolute atomic E-state index is 13.8. The summed E-state index contributed by atoms with van der Waals surface area (Å²) in [6.07, 6.45) is 5.29. The smallest absolute Gasteiger partial charge is 0.335 e. The summed E-state index contributed by atoms with van der Waals surface area (Å²) in [5.41, 5.74) is 0.418. The number of aromatic carboxylic acids is 1. The Morgan fingerprint density at radius 3 is 2.89 bits per heavy atom. The van der Waals surface area contributed by atoms with Gasteiger partial charge in [0.25, 0.3) is 0 Å². The van der Waals surface area contributed by atoms with Crippen LogP contribution in [0.5, 0.6) is 0 Å². The number of carboxylic acids is 1. The summed E-state index contributed by atoms with van der Waals surface area (Å²) in [7, 11) is 0. The van der Waals surface area contributed by atoms with E-state index in [-0.39, 0.29) is 5.56 Å². The molecule has 0 fully saturated rings. The number of halogens is 1. The molecule has 1 heterocycles. The van der Waals surface area contributed by atoms with Gasteiger partial charge in [0.05, 0.1) is 12.1 Å². The fraction of sp³-hybridized carbons (Fsp3) is 0.286. The summed E-state index contributed by atoms with van der Waals surface area (Å²) in [5, 5.41) is 8.79. The van der Waals surface area contributed by atoms with E-state index >= 15 is 0 Å². The molecule has 0 aliphatic heterocycles. The minimum absolute atomic E-state index is 0.0411. The van der Waals surface area contributed by atoms with Crippen molar-refractivity contribution in [3.63, 3.8) is 0 Å². The Bertz CT molecular complexity index is 593. The lowest BCUT2D eigenvalue weighted by Gasteiger charge is -2.08. The number of carbonyl (C=O) groups is 1. The Labute approximate surface area is 110 Å². The van der Waals surface area contributed by atoms with E-state index in [0.717, 1.165) is 24.7 Å². The highest BCUT2D eigenvalue weighted by Crippen LogP contribution is 2.13. The van der Waals surface area contributed by atoms with Gasteiger partial charge in [0.2, 0.25) is 0 Å². The van der Waals surface area contributed by atoms with Gasteiger partial charge in [-0.05, 0) is 18.6 Å². The molecule has 1 aromatic heterocycles. The summed E-state index contributed by atoms with van der Waals surface area (Å²) >= 11 is 0. The predicted octanol–water partition coefficient (Wildman–Crippen LogP) is 2.72. The van der Waals surface area contributed by atoms with Crippen molar-refractivity contribution >= 4 is 5.97 Å². The molecule has 2 aromatic rings. The molecule has 19 heavy (non-hydrogen) atoms. The van der Waals surface area contributed by atoms with Crippen molar-refractivity contribution < 1.29 is 14.3 Å². The number of aromatic nitrogens is 2. The van der Waals surface area contributed by atoms with Gasteiger partial charge in [-0.3, -0.25) is 0 Å². The minimum atomic E-state index is -1.13. The number of imidazole rings is 1. The van der Waals surface area contributed by atoms with Gasteiger partial charge >= 0.3 is 5.97 Å². The van der Waals surface area contributed by atoms with Crippen LogP contribution < -0.4 is 0 Å². The highest BCUT2D eigenvalue weighted by Gasteiger charge is 2.10. The maximum atomic E-state index is 13.8. The maximum Gasteiger partial charge on any atom is 0.335 e. The highest BCUT2D eigenvalue weighted by molar-refractivity contribution is 5.87. The van der Waals surface area contributed by atoms with Crippen LogP contribution in [0.3, 0.4) is 0 Å². The molecule has 0 radical (unpaired) electrons. The molecule has 1 N–H and O–H groups in total. The van der Waals surface area contributed by atoms with Gasteiger partial charge < -0.3 is 9.67 Å². The van der Waals surface area contributed by atoms with Crippen LogP contribution >= 0.6 is 0 Å². The zero-order valence-electron chi connectivity index (χ0n) is 10.6. The number of aryl methyl sites for hydroxylation is 1. The van der Waals surface area contributed by atoms with Crippen molar-refractivity contribution in [1.29, 1.82) is 0 Å². The number of nitrogens with zero attached hydrogens (tertiary/aromatic N) is 2. The lowest BCUT2D eigenvalue weighted by Crippen LogP contribution is -2.07. The standard InChI is InChI=1S/C14H15FN2O2/c1-2-3-13-16-6-7-17(13)9-11-5-4-10(14(18)19)8-12(11)15/h4-8H,2-3,9H2,1H3,(H,18,19). The summed E-state index contributed by atoms with van der Waals surface area (Å²) in [5.74, 6) is -0.722. The van der Waals surface area contributed by atoms with Gasteiger partial charge in [0.1, 0.15) is 11.6 Å². The molecule has 0 saturated carbocycles. The van der Waals surface area contributed by atoms with E-state index in [1.807, 2.05) is 4.57 Å². The second kappa shape index (κ2) is 5.65. The molecule has 0 bridgehead atoms. The average Bonchev–Trinajstić information content (AvgIpc) is 2.79. The Hall–Kier alpha value is -2.17. The quantitative estimate of drug-likeness (QED) is 0.901. The predicted molar refractivity (Wildman–Crippen MR) is 68.7 cm³/mol. The van der Waals surface area contributed by atoms with Crippen LogP contribution in [0.1, 0.15) is 35.1 Å². The topological polar surface area (TPSA) is 55.1 Å².